The first-order valence-corrected chi connectivity index (χ1v) is 12.0. The lowest BCUT2D eigenvalue weighted by Crippen LogP contribution is -2.46. The lowest BCUT2D eigenvalue weighted by molar-refractivity contribution is 0.169. The van der Waals surface area contributed by atoms with Crippen LogP contribution in [0.4, 0.5) is 0 Å². The highest BCUT2D eigenvalue weighted by Crippen LogP contribution is 2.19. The van der Waals surface area contributed by atoms with Crippen LogP contribution in [-0.2, 0) is 6.54 Å². The molecular weight excluding hydrogens is 493 g/mol. The highest BCUT2D eigenvalue weighted by Gasteiger charge is 2.20. The van der Waals surface area contributed by atoms with Crippen molar-refractivity contribution in [3.63, 3.8) is 0 Å². The number of hydrogen-bond acceptors (Lipinski definition) is 4. The van der Waals surface area contributed by atoms with E-state index in [2.05, 4.69) is 63.7 Å². The van der Waals surface area contributed by atoms with Gasteiger partial charge in [0.1, 0.15) is 0 Å². The van der Waals surface area contributed by atoms with Crippen molar-refractivity contribution in [3.8, 4) is 0 Å². The Hall–Kier alpha value is -0.380. The Balaban J connectivity index is 0.00000420. The largest absolute Gasteiger partial charge is 0.356 e. The van der Waals surface area contributed by atoms with Gasteiger partial charge < -0.3 is 15.5 Å². The Labute approximate surface area is 199 Å². The van der Waals surface area contributed by atoms with Crippen molar-refractivity contribution in [2.75, 3.05) is 46.3 Å². The molecule has 0 aliphatic carbocycles. The fraction of sp³-hybridized carbons (Fsp3) is 0.773. The van der Waals surface area contributed by atoms with Crippen molar-refractivity contribution in [1.29, 1.82) is 0 Å². The third kappa shape index (κ3) is 10.5. The van der Waals surface area contributed by atoms with Gasteiger partial charge in [-0.2, -0.15) is 0 Å². The number of rotatable bonds is 11. The van der Waals surface area contributed by atoms with E-state index in [4.69, 9.17) is 0 Å². The van der Waals surface area contributed by atoms with Crippen molar-refractivity contribution in [2.24, 2.45) is 10.9 Å². The van der Waals surface area contributed by atoms with Gasteiger partial charge in [0, 0.05) is 37.6 Å². The minimum absolute atomic E-state index is 0. The summed E-state index contributed by atoms with van der Waals surface area (Å²) < 4.78 is 0. The van der Waals surface area contributed by atoms with Gasteiger partial charge in [0.25, 0.3) is 0 Å². The number of nitrogens with zero attached hydrogens (tertiary/aromatic N) is 3. The minimum Gasteiger partial charge on any atom is -0.356 e. The van der Waals surface area contributed by atoms with Gasteiger partial charge in [-0.1, -0.05) is 19.9 Å². The van der Waals surface area contributed by atoms with Crippen LogP contribution < -0.4 is 10.6 Å². The van der Waals surface area contributed by atoms with E-state index in [-0.39, 0.29) is 24.0 Å². The zero-order chi connectivity index (χ0) is 20.2. The van der Waals surface area contributed by atoms with Crippen molar-refractivity contribution in [2.45, 2.75) is 59.0 Å². The fourth-order valence-electron chi connectivity index (χ4n) is 3.99. The molecule has 1 aliphatic heterocycles. The summed E-state index contributed by atoms with van der Waals surface area (Å²) in [6, 6.07) is 4.85. The second-order valence-electron chi connectivity index (χ2n) is 7.99. The van der Waals surface area contributed by atoms with E-state index >= 15 is 0 Å². The second kappa shape index (κ2) is 15.4. The molecule has 7 heteroatoms. The summed E-state index contributed by atoms with van der Waals surface area (Å²) in [5, 5.41) is 9.33. The first-order valence-electron chi connectivity index (χ1n) is 11.1. The predicted octanol–water partition coefficient (Wildman–Crippen LogP) is 4.25. The van der Waals surface area contributed by atoms with E-state index in [0.717, 1.165) is 32.1 Å². The van der Waals surface area contributed by atoms with Crippen molar-refractivity contribution in [3.05, 3.63) is 22.4 Å². The molecule has 1 saturated heterocycles. The van der Waals surface area contributed by atoms with E-state index in [1.807, 2.05) is 18.4 Å². The highest BCUT2D eigenvalue weighted by molar-refractivity contribution is 14.0. The van der Waals surface area contributed by atoms with Gasteiger partial charge in [-0.05, 0) is 76.2 Å². The molecule has 2 rings (SSSR count). The average Bonchev–Trinajstić information content (AvgIpc) is 3.21. The summed E-state index contributed by atoms with van der Waals surface area (Å²) >= 11 is 1.87. The van der Waals surface area contributed by atoms with Gasteiger partial charge in [-0.3, -0.25) is 9.89 Å². The number of likely N-dealkylation sites (tertiary alicyclic amines) is 1. The Kier molecular flexibility index (Phi) is 14.2. The maximum absolute atomic E-state index is 4.44. The second-order valence-corrected chi connectivity index (χ2v) is 9.02. The summed E-state index contributed by atoms with van der Waals surface area (Å²) in [7, 11) is 1.88. The van der Waals surface area contributed by atoms with Crippen LogP contribution in [-0.4, -0.2) is 68.1 Å². The molecule has 0 spiro atoms. The van der Waals surface area contributed by atoms with Crippen LogP contribution in [0, 0.1) is 5.92 Å². The Morgan fingerprint density at radius 3 is 2.83 bits per heavy atom. The molecule has 1 aliphatic rings. The maximum atomic E-state index is 4.44. The number of guanidine groups is 1. The molecule has 0 amide bonds. The molecule has 1 aromatic heterocycles. The lowest BCUT2D eigenvalue weighted by atomic mass is 9.98. The third-order valence-electron chi connectivity index (χ3n) is 5.73. The molecule has 0 bridgehead atoms. The zero-order valence-electron chi connectivity index (χ0n) is 18.8. The highest BCUT2D eigenvalue weighted by atomic mass is 127. The molecule has 2 heterocycles. The molecule has 168 valence electrons. The van der Waals surface area contributed by atoms with Crippen LogP contribution in [0.1, 0.15) is 51.3 Å². The SMILES string of the molecule is CCN(CC)CCCC(C)NC(=NC)NCC1CCCN(Cc2cccs2)C1.I. The molecular formula is C22H42IN5S. The van der Waals surface area contributed by atoms with Crippen LogP contribution in [0.3, 0.4) is 0 Å². The molecule has 0 aromatic carbocycles. The standard InChI is InChI=1S/C22H41N5S.HI/c1-5-26(6-2)13-7-10-19(3)25-22(23-4)24-16-20-11-8-14-27(17-20)18-21-12-9-15-28-21;/h9,12,15,19-20H,5-8,10-11,13-14,16-18H2,1-4H3,(H2,23,24,25);1H. The first-order chi connectivity index (χ1) is 13.6. The third-order valence-corrected chi connectivity index (χ3v) is 6.59. The summed E-state index contributed by atoms with van der Waals surface area (Å²) in [5.74, 6) is 1.65. The number of halogens is 1. The van der Waals surface area contributed by atoms with E-state index < -0.39 is 0 Å². The van der Waals surface area contributed by atoms with Crippen LogP contribution in [0.15, 0.2) is 22.5 Å². The molecule has 2 atom stereocenters. The van der Waals surface area contributed by atoms with Crippen molar-refractivity contribution >= 4 is 41.3 Å². The molecule has 0 radical (unpaired) electrons. The normalized spacial score (nSPS) is 19.1. The quantitative estimate of drug-likeness (QED) is 0.253. The summed E-state index contributed by atoms with van der Waals surface area (Å²) in [5.41, 5.74) is 0. The summed E-state index contributed by atoms with van der Waals surface area (Å²) in [6.45, 7) is 14.7. The first kappa shape index (κ1) is 26.7. The van der Waals surface area contributed by atoms with Crippen LogP contribution in [0.25, 0.3) is 0 Å². The molecule has 2 unspecified atom stereocenters. The van der Waals surface area contributed by atoms with Gasteiger partial charge in [-0.15, -0.1) is 35.3 Å². The topological polar surface area (TPSA) is 42.9 Å². The van der Waals surface area contributed by atoms with E-state index in [1.165, 1.54) is 50.2 Å². The van der Waals surface area contributed by atoms with E-state index in [0.29, 0.717) is 12.0 Å². The monoisotopic (exact) mass is 535 g/mol. The van der Waals surface area contributed by atoms with Crippen molar-refractivity contribution < 1.29 is 0 Å². The number of aliphatic imine (C=N–C) groups is 1. The molecule has 1 fully saturated rings. The minimum atomic E-state index is 0. The van der Waals surface area contributed by atoms with Crippen LogP contribution in [0.5, 0.6) is 0 Å². The summed E-state index contributed by atoms with van der Waals surface area (Å²) in [4.78, 5) is 11.0. The molecule has 0 saturated carbocycles. The predicted molar refractivity (Wildman–Crippen MR) is 139 cm³/mol. The van der Waals surface area contributed by atoms with Gasteiger partial charge in [0.05, 0.1) is 0 Å². The maximum Gasteiger partial charge on any atom is 0.191 e. The van der Waals surface area contributed by atoms with E-state index in [9.17, 15) is 0 Å². The Morgan fingerprint density at radius 2 is 2.17 bits per heavy atom. The number of piperidine rings is 1. The smallest absolute Gasteiger partial charge is 0.191 e. The van der Waals surface area contributed by atoms with Gasteiger partial charge in [0.2, 0.25) is 0 Å². The van der Waals surface area contributed by atoms with Gasteiger partial charge in [-0.25, -0.2) is 0 Å². The lowest BCUT2D eigenvalue weighted by Gasteiger charge is -2.33. The molecule has 5 nitrogen and oxygen atoms in total. The summed E-state index contributed by atoms with van der Waals surface area (Å²) in [6.07, 6.45) is 5.01. The number of thiophene rings is 1. The number of hydrogen-bond donors (Lipinski definition) is 2. The molecule has 2 N–H and O–H groups in total. The van der Waals surface area contributed by atoms with Gasteiger partial charge in [0.15, 0.2) is 5.96 Å². The van der Waals surface area contributed by atoms with Crippen LogP contribution in [0.2, 0.25) is 0 Å². The van der Waals surface area contributed by atoms with Crippen molar-refractivity contribution in [1.82, 2.24) is 20.4 Å². The molecule has 1 aromatic rings. The fourth-order valence-corrected chi connectivity index (χ4v) is 4.73. The Bertz CT molecular complexity index is 547. The van der Waals surface area contributed by atoms with Gasteiger partial charge >= 0.3 is 0 Å². The number of nitrogens with one attached hydrogen (secondary N) is 2. The van der Waals surface area contributed by atoms with E-state index in [1.54, 1.807) is 0 Å². The van der Waals surface area contributed by atoms with Crippen LogP contribution >= 0.6 is 35.3 Å². The Morgan fingerprint density at radius 1 is 1.38 bits per heavy atom. The average molecular weight is 536 g/mol. The zero-order valence-corrected chi connectivity index (χ0v) is 22.0. The molecule has 29 heavy (non-hydrogen) atoms.